The van der Waals surface area contributed by atoms with E-state index in [9.17, 15) is 23.3 Å². The molecule has 10 heteroatoms. The first kappa shape index (κ1) is 18.6. The Balaban J connectivity index is 2.11. The number of methoxy groups -OCH3 is 1. The van der Waals surface area contributed by atoms with Gasteiger partial charge in [-0.25, -0.2) is 13.2 Å². The number of nitrogens with zero attached hydrogens (tertiary/aromatic N) is 2. The molecule has 3 rings (SSSR count). The number of carbonyl (C=O) groups excluding carboxylic acids is 1. The van der Waals surface area contributed by atoms with E-state index in [1.807, 2.05) is 0 Å². The van der Waals surface area contributed by atoms with Gasteiger partial charge in [-0.1, -0.05) is 18.2 Å². The molecule has 0 saturated carbocycles. The van der Waals surface area contributed by atoms with E-state index in [2.05, 4.69) is 4.74 Å². The number of para-hydroxylation sites is 2. The quantitative estimate of drug-likeness (QED) is 0.444. The second kappa shape index (κ2) is 6.88. The third-order valence-corrected chi connectivity index (χ3v) is 5.94. The minimum Gasteiger partial charge on any atom is -0.475 e. The summed E-state index contributed by atoms with van der Waals surface area (Å²) in [6, 6.07) is 10.0. The molecule has 1 aliphatic heterocycles. The number of rotatable bonds is 4. The van der Waals surface area contributed by atoms with Crippen molar-refractivity contribution in [2.24, 2.45) is 0 Å². The molecule has 2 aromatic rings. The Morgan fingerprint density at radius 2 is 2.00 bits per heavy atom. The fourth-order valence-corrected chi connectivity index (χ4v) is 4.25. The molecule has 0 aliphatic carbocycles. The van der Waals surface area contributed by atoms with Gasteiger partial charge in [-0.05, 0) is 25.1 Å². The molecule has 0 radical (unpaired) electrons. The highest BCUT2D eigenvalue weighted by Crippen LogP contribution is 2.37. The summed E-state index contributed by atoms with van der Waals surface area (Å²) in [7, 11) is -3.01. The lowest BCUT2D eigenvalue weighted by Crippen LogP contribution is -2.47. The monoisotopic (exact) mass is 392 g/mol. The number of benzene rings is 2. The molecule has 2 aromatic carbocycles. The molecule has 142 valence electrons. The Hall–Kier alpha value is -3.14. The summed E-state index contributed by atoms with van der Waals surface area (Å²) < 4.78 is 37.6. The molecular weight excluding hydrogens is 376 g/mol. The third-order valence-electron chi connectivity index (χ3n) is 4.16. The van der Waals surface area contributed by atoms with Gasteiger partial charge in [0.05, 0.1) is 29.2 Å². The molecule has 0 saturated heterocycles. The van der Waals surface area contributed by atoms with Crippen LogP contribution in [0.15, 0.2) is 47.4 Å². The summed E-state index contributed by atoms with van der Waals surface area (Å²) in [5.41, 5.74) is 0.275. The van der Waals surface area contributed by atoms with E-state index >= 15 is 0 Å². The number of hydrogen-bond donors (Lipinski definition) is 0. The van der Waals surface area contributed by atoms with E-state index in [4.69, 9.17) is 4.74 Å². The summed E-state index contributed by atoms with van der Waals surface area (Å²) in [6.07, 6.45) is -1.15. The number of anilines is 1. The second-order valence-electron chi connectivity index (χ2n) is 5.84. The van der Waals surface area contributed by atoms with Crippen molar-refractivity contribution in [2.75, 3.05) is 18.0 Å². The van der Waals surface area contributed by atoms with Crippen LogP contribution in [0.2, 0.25) is 0 Å². The van der Waals surface area contributed by atoms with Crippen molar-refractivity contribution in [1.29, 1.82) is 0 Å². The zero-order valence-electron chi connectivity index (χ0n) is 14.5. The molecule has 1 aliphatic rings. The van der Waals surface area contributed by atoms with Gasteiger partial charge in [0.15, 0.2) is 0 Å². The SMILES string of the molecule is COC(=O)[C@@H]1CN(S(=O)(=O)c2ccc(C)c([N+](=O)[O-])c2)c2ccccc2O1. The van der Waals surface area contributed by atoms with E-state index in [-0.39, 0.29) is 28.6 Å². The van der Waals surface area contributed by atoms with E-state index < -0.39 is 27.0 Å². The maximum absolute atomic E-state index is 13.2. The van der Waals surface area contributed by atoms with Crippen molar-refractivity contribution < 1.29 is 27.6 Å². The van der Waals surface area contributed by atoms with Crippen LogP contribution in [0.3, 0.4) is 0 Å². The van der Waals surface area contributed by atoms with Crippen LogP contribution in [-0.2, 0) is 19.6 Å². The summed E-state index contributed by atoms with van der Waals surface area (Å²) in [5, 5.41) is 11.2. The van der Waals surface area contributed by atoms with Crippen molar-refractivity contribution >= 4 is 27.4 Å². The maximum atomic E-state index is 13.2. The van der Waals surface area contributed by atoms with Crippen LogP contribution in [0.1, 0.15) is 5.56 Å². The molecule has 0 spiro atoms. The van der Waals surface area contributed by atoms with Gasteiger partial charge >= 0.3 is 5.97 Å². The summed E-state index contributed by atoms with van der Waals surface area (Å²) in [6.45, 7) is 1.21. The van der Waals surface area contributed by atoms with Gasteiger partial charge < -0.3 is 9.47 Å². The van der Waals surface area contributed by atoms with E-state index in [1.165, 1.54) is 38.3 Å². The van der Waals surface area contributed by atoms with Gasteiger partial charge in [-0.3, -0.25) is 14.4 Å². The molecule has 9 nitrogen and oxygen atoms in total. The molecular formula is C17H16N2O7S. The van der Waals surface area contributed by atoms with Crippen LogP contribution in [0.5, 0.6) is 5.75 Å². The number of ether oxygens (including phenoxy) is 2. The van der Waals surface area contributed by atoms with E-state index in [0.717, 1.165) is 10.4 Å². The van der Waals surface area contributed by atoms with Gasteiger partial charge in [0.1, 0.15) is 5.75 Å². The minimum absolute atomic E-state index is 0.198. The van der Waals surface area contributed by atoms with Crippen molar-refractivity contribution in [1.82, 2.24) is 0 Å². The van der Waals surface area contributed by atoms with Crippen LogP contribution in [-0.4, -0.2) is 39.1 Å². The molecule has 0 aromatic heterocycles. The molecule has 1 atom stereocenters. The molecule has 0 N–H and O–H groups in total. The van der Waals surface area contributed by atoms with Gasteiger partial charge in [-0.15, -0.1) is 0 Å². The Labute approximate surface area is 155 Å². The fourth-order valence-electron chi connectivity index (χ4n) is 2.76. The number of nitro benzene ring substituents is 1. The largest absolute Gasteiger partial charge is 0.475 e. The normalized spacial score (nSPS) is 16.2. The third kappa shape index (κ3) is 3.31. The maximum Gasteiger partial charge on any atom is 0.348 e. The van der Waals surface area contributed by atoms with Crippen molar-refractivity contribution in [3.05, 3.63) is 58.1 Å². The van der Waals surface area contributed by atoms with Gasteiger partial charge in [-0.2, -0.15) is 0 Å². The Morgan fingerprint density at radius 1 is 1.30 bits per heavy atom. The first-order valence-electron chi connectivity index (χ1n) is 7.87. The van der Waals surface area contributed by atoms with Gasteiger partial charge in [0.2, 0.25) is 6.10 Å². The first-order chi connectivity index (χ1) is 12.8. The molecule has 0 bridgehead atoms. The Morgan fingerprint density at radius 3 is 2.67 bits per heavy atom. The van der Waals surface area contributed by atoms with Crippen LogP contribution < -0.4 is 9.04 Å². The summed E-state index contributed by atoms with van der Waals surface area (Å²) in [5.74, 6) is -0.524. The first-order valence-corrected chi connectivity index (χ1v) is 9.31. The predicted molar refractivity (Wildman–Crippen MR) is 95.2 cm³/mol. The summed E-state index contributed by atoms with van der Waals surface area (Å²) in [4.78, 5) is 22.2. The topological polar surface area (TPSA) is 116 Å². The Bertz CT molecular complexity index is 1020. The van der Waals surface area contributed by atoms with E-state index in [0.29, 0.717) is 5.56 Å². The Kier molecular flexibility index (Phi) is 4.75. The number of nitro groups is 1. The van der Waals surface area contributed by atoms with E-state index in [1.54, 1.807) is 12.1 Å². The number of carbonyl (C=O) groups is 1. The average Bonchev–Trinajstić information content (AvgIpc) is 2.66. The lowest BCUT2D eigenvalue weighted by molar-refractivity contribution is -0.385. The standard InChI is InChI=1S/C17H16N2O7S/c1-11-7-8-12(9-14(11)19(21)22)27(23,24)18-10-16(17(20)25-2)26-15-6-4-3-5-13(15)18/h3-9,16H,10H2,1-2H3/t16-/m0/s1. The number of esters is 1. The van der Waals surface area contributed by atoms with Crippen molar-refractivity contribution in [3.8, 4) is 5.75 Å². The number of hydrogen-bond acceptors (Lipinski definition) is 7. The highest BCUT2D eigenvalue weighted by atomic mass is 32.2. The number of sulfonamides is 1. The van der Waals surface area contributed by atoms with Gasteiger partial charge in [0.25, 0.3) is 15.7 Å². The van der Waals surface area contributed by atoms with Crippen molar-refractivity contribution in [3.63, 3.8) is 0 Å². The predicted octanol–water partition coefficient (Wildman–Crippen LogP) is 2.03. The lowest BCUT2D eigenvalue weighted by atomic mass is 10.2. The second-order valence-corrected chi connectivity index (χ2v) is 7.70. The highest BCUT2D eigenvalue weighted by Gasteiger charge is 2.38. The molecule has 27 heavy (non-hydrogen) atoms. The summed E-state index contributed by atoms with van der Waals surface area (Å²) >= 11 is 0. The van der Waals surface area contributed by atoms with Crippen LogP contribution in [0.4, 0.5) is 11.4 Å². The molecule has 0 unspecified atom stereocenters. The van der Waals surface area contributed by atoms with Crippen LogP contribution in [0, 0.1) is 17.0 Å². The van der Waals surface area contributed by atoms with Crippen LogP contribution in [0.25, 0.3) is 0 Å². The van der Waals surface area contributed by atoms with Gasteiger partial charge in [0, 0.05) is 11.6 Å². The molecule has 1 heterocycles. The zero-order valence-corrected chi connectivity index (χ0v) is 15.3. The number of aryl methyl sites for hydroxylation is 1. The molecule has 0 fully saturated rings. The van der Waals surface area contributed by atoms with Crippen LogP contribution >= 0.6 is 0 Å². The number of fused-ring (bicyclic) bond motifs is 1. The molecule has 0 amide bonds. The minimum atomic E-state index is -4.18. The lowest BCUT2D eigenvalue weighted by Gasteiger charge is -2.34. The smallest absolute Gasteiger partial charge is 0.348 e. The van der Waals surface area contributed by atoms with Crippen molar-refractivity contribution in [2.45, 2.75) is 17.9 Å². The zero-order chi connectivity index (χ0) is 19.8. The fraction of sp³-hybridized carbons (Fsp3) is 0.235. The average molecular weight is 392 g/mol. The highest BCUT2D eigenvalue weighted by molar-refractivity contribution is 7.92.